The Morgan fingerprint density at radius 3 is 2.72 bits per heavy atom. The van der Waals surface area contributed by atoms with Gasteiger partial charge in [0.1, 0.15) is 0 Å². The average Bonchev–Trinajstić information content (AvgIpc) is 2.84. The third-order valence-corrected chi connectivity index (χ3v) is 3.76. The first-order valence-corrected chi connectivity index (χ1v) is 6.76. The van der Waals surface area contributed by atoms with Crippen molar-refractivity contribution in [3.05, 3.63) is 29.3 Å². The summed E-state index contributed by atoms with van der Waals surface area (Å²) in [5.74, 6) is 0.0998. The van der Waals surface area contributed by atoms with Gasteiger partial charge in [0.05, 0.1) is 6.54 Å². The molecule has 0 atom stereocenters. The molecule has 0 heterocycles. The molecule has 18 heavy (non-hydrogen) atoms. The summed E-state index contributed by atoms with van der Waals surface area (Å²) in [5.41, 5.74) is 3.51. The lowest BCUT2D eigenvalue weighted by Crippen LogP contribution is -2.36. The number of carbonyl (C=O) groups is 1. The van der Waals surface area contributed by atoms with E-state index in [0.29, 0.717) is 12.6 Å². The van der Waals surface area contributed by atoms with Crippen LogP contribution in [-0.2, 0) is 4.79 Å². The van der Waals surface area contributed by atoms with E-state index < -0.39 is 0 Å². The molecule has 1 amide bonds. The van der Waals surface area contributed by atoms with E-state index in [1.54, 1.807) is 0 Å². The molecule has 0 bridgehead atoms. The van der Waals surface area contributed by atoms with Crippen LogP contribution in [0.1, 0.15) is 36.8 Å². The lowest BCUT2D eigenvalue weighted by Gasteiger charge is -2.14. The minimum atomic E-state index is 0.0998. The molecule has 3 heteroatoms. The highest BCUT2D eigenvalue weighted by molar-refractivity contribution is 5.81. The quantitative estimate of drug-likeness (QED) is 0.857. The summed E-state index contributed by atoms with van der Waals surface area (Å²) in [4.78, 5) is 11.8. The molecule has 1 aliphatic carbocycles. The summed E-state index contributed by atoms with van der Waals surface area (Å²) < 4.78 is 0. The number of amides is 1. The van der Waals surface area contributed by atoms with Gasteiger partial charge in [-0.05, 0) is 43.9 Å². The third kappa shape index (κ3) is 3.25. The zero-order valence-electron chi connectivity index (χ0n) is 11.3. The molecule has 3 nitrogen and oxygen atoms in total. The zero-order chi connectivity index (χ0) is 13.0. The zero-order valence-corrected chi connectivity index (χ0v) is 11.3. The lowest BCUT2D eigenvalue weighted by molar-refractivity contribution is -0.120. The highest BCUT2D eigenvalue weighted by Crippen LogP contribution is 2.18. The molecule has 1 aliphatic rings. The Morgan fingerprint density at radius 1 is 1.28 bits per heavy atom. The number of carbonyl (C=O) groups excluding carboxylic acids is 1. The van der Waals surface area contributed by atoms with E-state index in [1.165, 1.54) is 24.0 Å². The number of hydrogen-bond donors (Lipinski definition) is 2. The second-order valence-corrected chi connectivity index (χ2v) is 5.15. The van der Waals surface area contributed by atoms with Gasteiger partial charge in [0, 0.05) is 11.7 Å². The number of nitrogens with one attached hydrogen (secondary N) is 2. The van der Waals surface area contributed by atoms with Crippen LogP contribution in [0, 0.1) is 13.8 Å². The van der Waals surface area contributed by atoms with Gasteiger partial charge < -0.3 is 10.6 Å². The maximum atomic E-state index is 11.8. The van der Waals surface area contributed by atoms with Crippen LogP contribution in [0.15, 0.2) is 18.2 Å². The first-order valence-electron chi connectivity index (χ1n) is 6.76. The van der Waals surface area contributed by atoms with Crippen molar-refractivity contribution < 1.29 is 4.79 Å². The first-order chi connectivity index (χ1) is 8.66. The summed E-state index contributed by atoms with van der Waals surface area (Å²) >= 11 is 0. The van der Waals surface area contributed by atoms with Crippen molar-refractivity contribution in [3.8, 4) is 0 Å². The SMILES string of the molecule is Cc1cccc(NCC(=O)NC2CCCC2)c1C. The smallest absolute Gasteiger partial charge is 0.239 e. The highest BCUT2D eigenvalue weighted by atomic mass is 16.1. The van der Waals surface area contributed by atoms with Crippen molar-refractivity contribution in [1.82, 2.24) is 5.32 Å². The third-order valence-electron chi connectivity index (χ3n) is 3.76. The minimum Gasteiger partial charge on any atom is -0.376 e. The number of rotatable bonds is 4. The molecule has 0 aromatic heterocycles. The van der Waals surface area contributed by atoms with Crippen molar-refractivity contribution in [1.29, 1.82) is 0 Å². The van der Waals surface area contributed by atoms with E-state index in [0.717, 1.165) is 18.5 Å². The Balaban J connectivity index is 1.83. The van der Waals surface area contributed by atoms with E-state index in [9.17, 15) is 4.79 Å². The Hall–Kier alpha value is -1.51. The lowest BCUT2D eigenvalue weighted by atomic mass is 10.1. The number of aryl methyl sites for hydroxylation is 1. The fourth-order valence-electron chi connectivity index (χ4n) is 2.47. The second kappa shape index (κ2) is 5.89. The van der Waals surface area contributed by atoms with E-state index >= 15 is 0 Å². The van der Waals surface area contributed by atoms with Crippen molar-refractivity contribution in [2.45, 2.75) is 45.6 Å². The van der Waals surface area contributed by atoms with Crippen LogP contribution < -0.4 is 10.6 Å². The van der Waals surface area contributed by atoms with E-state index in [1.807, 2.05) is 12.1 Å². The van der Waals surface area contributed by atoms with Crippen LogP contribution >= 0.6 is 0 Å². The van der Waals surface area contributed by atoms with Crippen LogP contribution in [0.5, 0.6) is 0 Å². The predicted molar refractivity (Wildman–Crippen MR) is 74.8 cm³/mol. The van der Waals surface area contributed by atoms with E-state index in [2.05, 4.69) is 30.5 Å². The Kier molecular flexibility index (Phi) is 4.24. The molecule has 2 rings (SSSR count). The fraction of sp³-hybridized carbons (Fsp3) is 0.533. The maximum absolute atomic E-state index is 11.8. The van der Waals surface area contributed by atoms with Crippen molar-refractivity contribution in [2.24, 2.45) is 0 Å². The minimum absolute atomic E-state index is 0.0998. The van der Waals surface area contributed by atoms with Gasteiger partial charge in [0.25, 0.3) is 0 Å². The summed E-state index contributed by atoms with van der Waals surface area (Å²) in [7, 11) is 0. The molecule has 0 unspecified atom stereocenters. The highest BCUT2D eigenvalue weighted by Gasteiger charge is 2.16. The molecule has 98 valence electrons. The topological polar surface area (TPSA) is 41.1 Å². The molecule has 1 saturated carbocycles. The Labute approximate surface area is 109 Å². The second-order valence-electron chi connectivity index (χ2n) is 5.15. The van der Waals surface area contributed by atoms with Gasteiger partial charge in [0.2, 0.25) is 5.91 Å². The molecule has 0 radical (unpaired) electrons. The van der Waals surface area contributed by atoms with Gasteiger partial charge in [-0.1, -0.05) is 25.0 Å². The van der Waals surface area contributed by atoms with Gasteiger partial charge in [-0.25, -0.2) is 0 Å². The maximum Gasteiger partial charge on any atom is 0.239 e. The van der Waals surface area contributed by atoms with E-state index in [4.69, 9.17) is 0 Å². The van der Waals surface area contributed by atoms with E-state index in [-0.39, 0.29) is 5.91 Å². The summed E-state index contributed by atoms with van der Waals surface area (Å²) in [5, 5.41) is 6.30. The van der Waals surface area contributed by atoms with Crippen molar-refractivity contribution >= 4 is 11.6 Å². The molecular formula is C15H22N2O. The van der Waals surface area contributed by atoms with Gasteiger partial charge >= 0.3 is 0 Å². The molecule has 2 N–H and O–H groups in total. The molecule has 0 aliphatic heterocycles. The predicted octanol–water partition coefficient (Wildman–Crippen LogP) is 2.77. The summed E-state index contributed by atoms with van der Waals surface area (Å²) in [6, 6.07) is 6.52. The first kappa shape index (κ1) is 12.9. The largest absolute Gasteiger partial charge is 0.376 e. The van der Waals surface area contributed by atoms with Crippen molar-refractivity contribution in [2.75, 3.05) is 11.9 Å². The monoisotopic (exact) mass is 246 g/mol. The molecule has 1 aromatic rings. The van der Waals surface area contributed by atoms with Gasteiger partial charge in [-0.2, -0.15) is 0 Å². The average molecular weight is 246 g/mol. The van der Waals surface area contributed by atoms with Crippen molar-refractivity contribution in [3.63, 3.8) is 0 Å². The van der Waals surface area contributed by atoms with Gasteiger partial charge in [-0.15, -0.1) is 0 Å². The van der Waals surface area contributed by atoms with Crippen LogP contribution in [-0.4, -0.2) is 18.5 Å². The Morgan fingerprint density at radius 2 is 2.00 bits per heavy atom. The van der Waals surface area contributed by atoms with Gasteiger partial charge in [-0.3, -0.25) is 4.79 Å². The van der Waals surface area contributed by atoms with Crippen LogP contribution in [0.3, 0.4) is 0 Å². The van der Waals surface area contributed by atoms with Crippen LogP contribution in [0.4, 0.5) is 5.69 Å². The molecule has 0 spiro atoms. The number of benzene rings is 1. The van der Waals surface area contributed by atoms with Gasteiger partial charge in [0.15, 0.2) is 0 Å². The Bertz CT molecular complexity index is 423. The number of hydrogen-bond acceptors (Lipinski definition) is 2. The standard InChI is InChI=1S/C15H22N2O/c1-11-6-5-9-14(12(11)2)16-10-15(18)17-13-7-3-4-8-13/h5-6,9,13,16H,3-4,7-8,10H2,1-2H3,(H,17,18). The normalized spacial score (nSPS) is 15.7. The van der Waals surface area contributed by atoms with Crippen LogP contribution in [0.2, 0.25) is 0 Å². The molecule has 1 fully saturated rings. The molecule has 0 saturated heterocycles. The summed E-state index contributed by atoms with van der Waals surface area (Å²) in [6.45, 7) is 4.52. The number of anilines is 1. The molecular weight excluding hydrogens is 224 g/mol. The fourth-order valence-corrected chi connectivity index (χ4v) is 2.47. The summed E-state index contributed by atoms with van der Waals surface area (Å²) in [6.07, 6.45) is 4.76. The molecule has 1 aromatic carbocycles. The van der Waals surface area contributed by atoms with Crippen LogP contribution in [0.25, 0.3) is 0 Å².